The molecule has 0 aromatic carbocycles. The van der Waals surface area contributed by atoms with Gasteiger partial charge in [-0.3, -0.25) is 4.79 Å². The highest BCUT2D eigenvalue weighted by Crippen LogP contribution is 2.36. The highest BCUT2D eigenvalue weighted by Gasteiger charge is 2.44. The predicted octanol–water partition coefficient (Wildman–Crippen LogP) is 2.16. The van der Waals surface area contributed by atoms with Crippen LogP contribution in [0.3, 0.4) is 0 Å². The number of rotatable bonds is 5. The van der Waals surface area contributed by atoms with Gasteiger partial charge in [0, 0.05) is 24.5 Å². The minimum atomic E-state index is -0.717. The first-order valence-corrected chi connectivity index (χ1v) is 9.10. The minimum absolute atomic E-state index is 0.0142. The van der Waals surface area contributed by atoms with E-state index in [0.29, 0.717) is 18.4 Å². The third kappa shape index (κ3) is 5.42. The van der Waals surface area contributed by atoms with Crippen LogP contribution in [0.5, 0.6) is 0 Å². The summed E-state index contributed by atoms with van der Waals surface area (Å²) in [5, 5.41) is 9.62. The zero-order valence-electron chi connectivity index (χ0n) is 16.2. The Balaban J connectivity index is 2.35. The van der Waals surface area contributed by atoms with Gasteiger partial charge in [-0.05, 0) is 37.0 Å². The molecule has 0 spiro atoms. The van der Waals surface area contributed by atoms with Gasteiger partial charge in [0.25, 0.3) is 0 Å². The van der Waals surface area contributed by atoms with E-state index in [4.69, 9.17) is 14.2 Å². The molecule has 7 heteroatoms. The number of allylic oxidation sites excluding steroid dienone is 1. The van der Waals surface area contributed by atoms with Gasteiger partial charge < -0.3 is 19.3 Å². The van der Waals surface area contributed by atoms with Crippen LogP contribution in [0.25, 0.3) is 0 Å². The van der Waals surface area contributed by atoms with Gasteiger partial charge in [-0.1, -0.05) is 19.2 Å². The molecule has 0 saturated carbocycles. The summed E-state index contributed by atoms with van der Waals surface area (Å²) in [6.45, 7) is 10.0. The van der Waals surface area contributed by atoms with Gasteiger partial charge in [0.15, 0.2) is 0 Å². The second kappa shape index (κ2) is 9.50. The Kier molecular flexibility index (Phi) is 7.34. The highest BCUT2D eigenvalue weighted by molar-refractivity contribution is 5.91. The molecule has 2 aliphatic rings. The Hall–Kier alpha value is -2.67. The van der Waals surface area contributed by atoms with E-state index in [1.54, 1.807) is 13.0 Å². The van der Waals surface area contributed by atoms with Crippen molar-refractivity contribution in [2.45, 2.75) is 45.3 Å². The van der Waals surface area contributed by atoms with E-state index < -0.39 is 36.0 Å². The van der Waals surface area contributed by atoms with Crippen LogP contribution in [-0.4, -0.2) is 48.4 Å². The van der Waals surface area contributed by atoms with E-state index in [-0.39, 0.29) is 30.8 Å². The maximum atomic E-state index is 12.1. The Morgan fingerprint density at radius 1 is 1.32 bits per heavy atom. The normalized spacial score (nSPS) is 25.0. The van der Waals surface area contributed by atoms with Crippen LogP contribution in [-0.2, 0) is 28.6 Å². The highest BCUT2D eigenvalue weighted by atomic mass is 16.6. The largest absolute Gasteiger partial charge is 0.461 e. The maximum absolute atomic E-state index is 12.1. The minimum Gasteiger partial charge on any atom is -0.461 e. The molecule has 1 fully saturated rings. The molecule has 0 aromatic rings. The molecule has 7 nitrogen and oxygen atoms in total. The van der Waals surface area contributed by atoms with Gasteiger partial charge in [0.05, 0.1) is 12.5 Å². The molecule has 2 rings (SSSR count). The summed E-state index contributed by atoms with van der Waals surface area (Å²) >= 11 is 0. The van der Waals surface area contributed by atoms with E-state index in [9.17, 15) is 19.5 Å². The third-order valence-corrected chi connectivity index (χ3v) is 4.68. The molecule has 1 aliphatic carbocycles. The lowest BCUT2D eigenvalue weighted by Gasteiger charge is -2.27. The van der Waals surface area contributed by atoms with E-state index in [0.717, 1.165) is 5.57 Å². The van der Waals surface area contributed by atoms with Crippen molar-refractivity contribution < 1.29 is 33.7 Å². The van der Waals surface area contributed by atoms with Gasteiger partial charge in [0.1, 0.15) is 18.8 Å². The van der Waals surface area contributed by atoms with E-state index in [1.807, 2.05) is 6.08 Å². The molecule has 0 radical (unpaired) electrons. The Morgan fingerprint density at radius 3 is 2.64 bits per heavy atom. The molecule has 3 unspecified atom stereocenters. The summed E-state index contributed by atoms with van der Waals surface area (Å²) in [6, 6.07) is 0. The van der Waals surface area contributed by atoms with Crippen LogP contribution in [0.15, 0.2) is 47.6 Å². The standard InChI is InChI=1S/C21H26O7/c1-12(2)20(24)26-11-16-7-5-6-15(10-22)8-18-19(13(3)21(25)28-18)17(9-16)27-14(4)23/h7-8,17-19,22H,1,3,5-6,9-11H2,2,4H3. The molecule has 1 heterocycles. The fraction of sp³-hybridized carbons (Fsp3) is 0.476. The van der Waals surface area contributed by atoms with Crippen LogP contribution in [0.4, 0.5) is 0 Å². The first-order valence-electron chi connectivity index (χ1n) is 9.10. The SMILES string of the molecule is C=C(C)C(=O)OCC1=CCCC(CO)=CC2OC(=O)C(=C)C2C(OC(C)=O)C1. The van der Waals surface area contributed by atoms with Crippen LogP contribution < -0.4 is 0 Å². The zero-order chi connectivity index (χ0) is 20.8. The second-order valence-electron chi connectivity index (χ2n) is 7.01. The summed E-state index contributed by atoms with van der Waals surface area (Å²) < 4.78 is 16.1. The van der Waals surface area contributed by atoms with Crippen molar-refractivity contribution in [3.05, 3.63) is 47.6 Å². The van der Waals surface area contributed by atoms with Crippen molar-refractivity contribution in [1.29, 1.82) is 0 Å². The Labute approximate surface area is 164 Å². The monoisotopic (exact) mass is 390 g/mol. The van der Waals surface area contributed by atoms with Crippen molar-refractivity contribution in [2.24, 2.45) is 5.92 Å². The fourth-order valence-electron chi connectivity index (χ4n) is 3.29. The molecule has 0 bridgehead atoms. The quantitative estimate of drug-likeness (QED) is 0.332. The van der Waals surface area contributed by atoms with Crippen molar-refractivity contribution in [3.63, 3.8) is 0 Å². The average Bonchev–Trinajstić information content (AvgIpc) is 2.90. The summed E-state index contributed by atoms with van der Waals surface area (Å²) in [6.07, 6.45) is 3.62. The molecule has 1 N–H and O–H groups in total. The number of hydrogen-bond acceptors (Lipinski definition) is 7. The first kappa shape index (κ1) is 21.6. The number of carbonyl (C=O) groups is 3. The molecular formula is C21H26O7. The fourth-order valence-corrected chi connectivity index (χ4v) is 3.29. The van der Waals surface area contributed by atoms with Crippen LogP contribution in [0, 0.1) is 5.92 Å². The lowest BCUT2D eigenvalue weighted by Crippen LogP contribution is -2.33. The molecular weight excluding hydrogens is 364 g/mol. The average molecular weight is 390 g/mol. The smallest absolute Gasteiger partial charge is 0.334 e. The number of carbonyl (C=O) groups excluding carboxylic acids is 3. The Bertz CT molecular complexity index is 744. The molecule has 0 aromatic heterocycles. The molecule has 1 saturated heterocycles. The maximum Gasteiger partial charge on any atom is 0.334 e. The van der Waals surface area contributed by atoms with Gasteiger partial charge in [-0.25, -0.2) is 9.59 Å². The molecule has 3 atom stereocenters. The number of esters is 3. The molecule has 28 heavy (non-hydrogen) atoms. The van der Waals surface area contributed by atoms with Crippen LogP contribution in [0.2, 0.25) is 0 Å². The summed E-state index contributed by atoms with van der Waals surface area (Å²) in [7, 11) is 0. The summed E-state index contributed by atoms with van der Waals surface area (Å²) in [4.78, 5) is 35.5. The lowest BCUT2D eigenvalue weighted by molar-refractivity contribution is -0.149. The molecule has 0 amide bonds. The predicted molar refractivity (Wildman–Crippen MR) is 101 cm³/mol. The number of aliphatic hydroxyl groups excluding tert-OH is 1. The topological polar surface area (TPSA) is 99.1 Å². The van der Waals surface area contributed by atoms with Gasteiger partial charge in [0.2, 0.25) is 0 Å². The number of ether oxygens (including phenoxy) is 3. The first-order chi connectivity index (χ1) is 13.2. The second-order valence-corrected chi connectivity index (χ2v) is 7.01. The number of fused-ring (bicyclic) bond motifs is 1. The third-order valence-electron chi connectivity index (χ3n) is 4.68. The van der Waals surface area contributed by atoms with Crippen LogP contribution in [0.1, 0.15) is 33.1 Å². The van der Waals surface area contributed by atoms with E-state index in [2.05, 4.69) is 13.2 Å². The zero-order valence-corrected chi connectivity index (χ0v) is 16.2. The number of aliphatic hydroxyl groups is 1. The molecule has 152 valence electrons. The van der Waals surface area contributed by atoms with Crippen molar-refractivity contribution in [2.75, 3.05) is 13.2 Å². The van der Waals surface area contributed by atoms with Crippen molar-refractivity contribution in [3.8, 4) is 0 Å². The summed E-state index contributed by atoms with van der Waals surface area (Å²) in [5.41, 5.74) is 1.94. The molecule has 1 aliphatic heterocycles. The van der Waals surface area contributed by atoms with Gasteiger partial charge >= 0.3 is 17.9 Å². The van der Waals surface area contributed by atoms with Crippen molar-refractivity contribution >= 4 is 17.9 Å². The Morgan fingerprint density at radius 2 is 2.04 bits per heavy atom. The van der Waals surface area contributed by atoms with E-state index in [1.165, 1.54) is 6.92 Å². The van der Waals surface area contributed by atoms with Crippen molar-refractivity contribution in [1.82, 2.24) is 0 Å². The van der Waals surface area contributed by atoms with Gasteiger partial charge in [-0.2, -0.15) is 0 Å². The lowest BCUT2D eigenvalue weighted by atomic mass is 9.85. The van der Waals surface area contributed by atoms with Gasteiger partial charge in [-0.15, -0.1) is 0 Å². The number of hydrogen-bond donors (Lipinski definition) is 1. The summed E-state index contributed by atoms with van der Waals surface area (Å²) in [5.74, 6) is -2.16. The van der Waals surface area contributed by atoms with E-state index >= 15 is 0 Å². The van der Waals surface area contributed by atoms with Crippen LogP contribution >= 0.6 is 0 Å².